The lowest BCUT2D eigenvalue weighted by atomic mass is 9.53. The van der Waals surface area contributed by atoms with Crippen LogP contribution in [0.25, 0.3) is 0 Å². The molecule has 186 valence electrons. The number of anilines is 1. The van der Waals surface area contributed by atoms with E-state index in [2.05, 4.69) is 15.3 Å². The molecular formula is C24H31F3N4O3. The maximum atomic E-state index is 14.0. The number of nitrogens with one attached hydrogen (secondary N) is 1. The number of aromatic nitrogens is 2. The summed E-state index contributed by atoms with van der Waals surface area (Å²) in [5.41, 5.74) is -1.98. The van der Waals surface area contributed by atoms with E-state index in [4.69, 9.17) is 4.74 Å². The van der Waals surface area contributed by atoms with Crippen LogP contribution < -0.4 is 5.32 Å². The van der Waals surface area contributed by atoms with E-state index in [-0.39, 0.29) is 43.1 Å². The third-order valence-corrected chi connectivity index (χ3v) is 8.10. The maximum Gasteiger partial charge on any atom is 0.434 e. The van der Waals surface area contributed by atoms with Gasteiger partial charge in [-0.05, 0) is 76.0 Å². The zero-order valence-electron chi connectivity index (χ0n) is 19.4. The van der Waals surface area contributed by atoms with Crippen LogP contribution in [0, 0.1) is 23.7 Å². The van der Waals surface area contributed by atoms with Crippen LogP contribution in [0.3, 0.4) is 0 Å². The van der Waals surface area contributed by atoms with Gasteiger partial charge in [0.2, 0.25) is 5.95 Å². The van der Waals surface area contributed by atoms with Crippen LogP contribution in [-0.2, 0) is 15.7 Å². The third-order valence-electron chi connectivity index (χ3n) is 8.10. The summed E-state index contributed by atoms with van der Waals surface area (Å²) in [4.78, 5) is 34.3. The highest BCUT2D eigenvalue weighted by molar-refractivity contribution is 5.95. The number of nitrogens with zero attached hydrogens (tertiary/aromatic N) is 3. The van der Waals surface area contributed by atoms with Crippen molar-refractivity contribution in [1.82, 2.24) is 14.9 Å². The number of alkyl halides is 3. The molecule has 1 aromatic heterocycles. The summed E-state index contributed by atoms with van der Waals surface area (Å²) in [7, 11) is 0. The van der Waals surface area contributed by atoms with Crippen molar-refractivity contribution < 1.29 is 27.5 Å². The molecule has 4 saturated carbocycles. The minimum Gasteiger partial charge on any atom is -0.466 e. The molecule has 0 spiro atoms. The number of rotatable bonds is 5. The first kappa shape index (κ1) is 23.4. The molecule has 0 atom stereocenters. The maximum absolute atomic E-state index is 14.0. The van der Waals surface area contributed by atoms with Crippen LogP contribution >= 0.6 is 0 Å². The van der Waals surface area contributed by atoms with E-state index >= 15 is 0 Å². The Morgan fingerprint density at radius 2 is 1.71 bits per heavy atom. The van der Waals surface area contributed by atoms with Gasteiger partial charge in [-0.2, -0.15) is 13.2 Å². The Kier molecular flexibility index (Phi) is 5.96. The quantitative estimate of drug-likeness (QED) is 0.633. The monoisotopic (exact) mass is 480 g/mol. The van der Waals surface area contributed by atoms with E-state index < -0.39 is 23.3 Å². The van der Waals surface area contributed by atoms with Crippen LogP contribution in [0.5, 0.6) is 0 Å². The van der Waals surface area contributed by atoms with Crippen LogP contribution in [-0.4, -0.2) is 52.0 Å². The van der Waals surface area contributed by atoms with Gasteiger partial charge < -0.3 is 15.0 Å². The van der Waals surface area contributed by atoms with Gasteiger partial charge in [-0.15, -0.1) is 0 Å². The summed E-state index contributed by atoms with van der Waals surface area (Å²) in [6, 6.07) is 0. The van der Waals surface area contributed by atoms with Gasteiger partial charge in [0.05, 0.1) is 18.1 Å². The van der Waals surface area contributed by atoms with Crippen molar-refractivity contribution in [2.45, 2.75) is 70.0 Å². The standard InChI is InChI=1S/C24H31F3N4O3/c1-2-34-21(33)17-3-5-31(6-4-17)20(32)18-13-28-22(29-19(18)24(25,26)27)30-23-10-14-7-15(11-23)9-16(8-14)12-23/h13-17H,2-12H2,1H3,(H,28,29,30). The number of hydrogen-bond donors (Lipinski definition) is 1. The number of halogens is 3. The normalized spacial score (nSPS) is 30.9. The molecule has 1 saturated heterocycles. The lowest BCUT2D eigenvalue weighted by molar-refractivity contribution is -0.149. The van der Waals surface area contributed by atoms with Crippen LogP contribution in [0.1, 0.15) is 74.3 Å². The average Bonchev–Trinajstić information content (AvgIpc) is 2.77. The molecule has 6 rings (SSSR count). The molecule has 5 fully saturated rings. The van der Waals surface area contributed by atoms with Crippen molar-refractivity contribution in [3.05, 3.63) is 17.5 Å². The first-order valence-corrected chi connectivity index (χ1v) is 12.3. The first-order valence-electron chi connectivity index (χ1n) is 12.3. The van der Waals surface area contributed by atoms with Gasteiger partial charge >= 0.3 is 12.1 Å². The Hall–Kier alpha value is -2.39. The van der Waals surface area contributed by atoms with E-state index in [1.54, 1.807) is 6.92 Å². The summed E-state index contributed by atoms with van der Waals surface area (Å²) >= 11 is 0. The van der Waals surface area contributed by atoms with Gasteiger partial charge in [-0.25, -0.2) is 9.97 Å². The van der Waals surface area contributed by atoms with Gasteiger partial charge in [-0.1, -0.05) is 0 Å². The molecule has 34 heavy (non-hydrogen) atoms. The van der Waals surface area contributed by atoms with E-state index in [0.29, 0.717) is 30.6 Å². The van der Waals surface area contributed by atoms with Crippen molar-refractivity contribution in [3.63, 3.8) is 0 Å². The highest BCUT2D eigenvalue weighted by Gasteiger charge is 2.51. The molecule has 10 heteroatoms. The fourth-order valence-electron chi connectivity index (χ4n) is 7.06. The zero-order chi connectivity index (χ0) is 24.1. The van der Waals surface area contributed by atoms with Gasteiger partial charge in [0.25, 0.3) is 5.91 Å². The van der Waals surface area contributed by atoms with Gasteiger partial charge in [-0.3, -0.25) is 9.59 Å². The lowest BCUT2D eigenvalue weighted by Crippen LogP contribution is -2.55. The largest absolute Gasteiger partial charge is 0.466 e. The second-order valence-electron chi connectivity index (χ2n) is 10.6. The molecule has 7 nitrogen and oxygen atoms in total. The smallest absolute Gasteiger partial charge is 0.434 e. The SMILES string of the molecule is CCOC(=O)C1CCN(C(=O)c2cnc(NC34CC5CC(CC(C5)C3)C4)nc2C(F)(F)F)CC1. The molecular weight excluding hydrogens is 449 g/mol. The summed E-state index contributed by atoms with van der Waals surface area (Å²) in [5, 5.41) is 3.28. The molecule has 1 N–H and O–H groups in total. The Balaban J connectivity index is 1.33. The molecule has 5 aliphatic rings. The number of amides is 1. The molecule has 0 unspecified atom stereocenters. The Morgan fingerprint density at radius 1 is 1.12 bits per heavy atom. The van der Waals surface area contributed by atoms with Crippen LogP contribution in [0.15, 0.2) is 6.20 Å². The molecule has 4 aliphatic carbocycles. The predicted molar refractivity (Wildman–Crippen MR) is 117 cm³/mol. The van der Waals surface area contributed by atoms with Crippen molar-refractivity contribution >= 4 is 17.8 Å². The van der Waals surface area contributed by atoms with Crippen LogP contribution in [0.4, 0.5) is 19.1 Å². The average molecular weight is 481 g/mol. The second kappa shape index (κ2) is 8.68. The highest BCUT2D eigenvalue weighted by atomic mass is 19.4. The summed E-state index contributed by atoms with van der Waals surface area (Å²) in [6.07, 6.45) is 3.44. The van der Waals surface area contributed by atoms with E-state index in [1.165, 1.54) is 24.2 Å². The second-order valence-corrected chi connectivity index (χ2v) is 10.6. The minimum atomic E-state index is -4.78. The van der Waals surface area contributed by atoms with Gasteiger partial charge in [0.15, 0.2) is 5.69 Å². The van der Waals surface area contributed by atoms with Crippen LogP contribution in [0.2, 0.25) is 0 Å². The molecule has 1 amide bonds. The Bertz CT molecular complexity index is 924. The number of carbonyl (C=O) groups excluding carboxylic acids is 2. The number of likely N-dealkylation sites (tertiary alicyclic amines) is 1. The fraction of sp³-hybridized carbons (Fsp3) is 0.750. The summed E-state index contributed by atoms with van der Waals surface area (Å²) < 4.78 is 46.9. The molecule has 1 aromatic rings. The Labute approximate surface area is 196 Å². The van der Waals surface area contributed by atoms with Gasteiger partial charge in [0.1, 0.15) is 0 Å². The molecule has 0 aromatic carbocycles. The van der Waals surface area contributed by atoms with Gasteiger partial charge in [0, 0.05) is 24.8 Å². The number of ether oxygens (including phenoxy) is 1. The molecule has 1 aliphatic heterocycles. The fourth-order valence-corrected chi connectivity index (χ4v) is 7.06. The third kappa shape index (κ3) is 4.47. The van der Waals surface area contributed by atoms with E-state index in [9.17, 15) is 22.8 Å². The summed E-state index contributed by atoms with van der Waals surface area (Å²) in [6.45, 7) is 2.37. The highest BCUT2D eigenvalue weighted by Crippen LogP contribution is 2.56. The number of hydrogen-bond acceptors (Lipinski definition) is 6. The zero-order valence-corrected chi connectivity index (χ0v) is 19.4. The molecule has 4 bridgehead atoms. The van der Waals surface area contributed by atoms with E-state index in [1.807, 2.05) is 0 Å². The Morgan fingerprint density at radius 3 is 2.24 bits per heavy atom. The molecule has 0 radical (unpaired) electrons. The van der Waals surface area contributed by atoms with Crippen molar-refractivity contribution in [3.8, 4) is 0 Å². The predicted octanol–water partition coefficient (Wildman–Crippen LogP) is 4.29. The number of carbonyl (C=O) groups is 2. The van der Waals surface area contributed by atoms with Crippen molar-refractivity contribution in [2.75, 3.05) is 25.0 Å². The number of piperidine rings is 1. The van der Waals surface area contributed by atoms with Crippen molar-refractivity contribution in [1.29, 1.82) is 0 Å². The van der Waals surface area contributed by atoms with E-state index in [0.717, 1.165) is 25.5 Å². The lowest BCUT2D eigenvalue weighted by Gasteiger charge is -2.56. The topological polar surface area (TPSA) is 84.4 Å². The summed E-state index contributed by atoms with van der Waals surface area (Å²) in [5.74, 6) is 0.406. The van der Waals surface area contributed by atoms with Crippen molar-refractivity contribution in [2.24, 2.45) is 23.7 Å². The first-order chi connectivity index (χ1) is 16.2. The number of esters is 1. The minimum absolute atomic E-state index is 0.0492. The molecule has 2 heterocycles.